The molecule has 1 fully saturated rings. The first-order valence-electron chi connectivity index (χ1n) is 5.82. The van der Waals surface area contributed by atoms with Gasteiger partial charge in [0, 0.05) is 13.2 Å². The average Bonchev–Trinajstić information content (AvgIpc) is 2.29. The zero-order valence-corrected chi connectivity index (χ0v) is 10.1. The summed E-state index contributed by atoms with van der Waals surface area (Å²) in [6, 6.07) is -0.376. The SMILES string of the molecule is CCCOCC(=O)N1CCOCC1CC(=O)O. The van der Waals surface area contributed by atoms with Crippen LogP contribution in [0.5, 0.6) is 0 Å². The van der Waals surface area contributed by atoms with Crippen LogP contribution < -0.4 is 0 Å². The number of carboxylic acids is 1. The Hall–Kier alpha value is -1.14. The molecule has 0 aromatic rings. The third-order valence-corrected chi connectivity index (χ3v) is 2.53. The molecule has 17 heavy (non-hydrogen) atoms. The highest BCUT2D eigenvalue weighted by atomic mass is 16.5. The third-order valence-electron chi connectivity index (χ3n) is 2.53. The van der Waals surface area contributed by atoms with Crippen LogP contribution in [0.4, 0.5) is 0 Å². The zero-order valence-electron chi connectivity index (χ0n) is 10.1. The van der Waals surface area contributed by atoms with Crippen molar-refractivity contribution in [2.24, 2.45) is 0 Å². The molecule has 98 valence electrons. The Kier molecular flexibility index (Phi) is 5.93. The molecule has 0 aliphatic carbocycles. The number of rotatable bonds is 6. The molecule has 0 aromatic carbocycles. The summed E-state index contributed by atoms with van der Waals surface area (Å²) >= 11 is 0. The summed E-state index contributed by atoms with van der Waals surface area (Å²) in [7, 11) is 0. The van der Waals surface area contributed by atoms with Gasteiger partial charge in [-0.3, -0.25) is 9.59 Å². The largest absolute Gasteiger partial charge is 0.481 e. The fourth-order valence-electron chi connectivity index (χ4n) is 1.74. The van der Waals surface area contributed by atoms with Gasteiger partial charge < -0.3 is 19.5 Å². The van der Waals surface area contributed by atoms with Gasteiger partial charge in [-0.05, 0) is 6.42 Å². The van der Waals surface area contributed by atoms with Gasteiger partial charge in [-0.2, -0.15) is 0 Å². The van der Waals surface area contributed by atoms with Gasteiger partial charge in [0.1, 0.15) is 6.61 Å². The van der Waals surface area contributed by atoms with Crippen molar-refractivity contribution in [3.63, 3.8) is 0 Å². The Labute approximate surface area is 100 Å². The van der Waals surface area contributed by atoms with Crippen molar-refractivity contribution in [3.05, 3.63) is 0 Å². The molecule has 6 nitrogen and oxygen atoms in total. The Balaban J connectivity index is 2.45. The van der Waals surface area contributed by atoms with Gasteiger partial charge in [0.05, 0.1) is 25.7 Å². The Morgan fingerprint density at radius 2 is 2.29 bits per heavy atom. The van der Waals surface area contributed by atoms with Crippen LogP contribution in [0.2, 0.25) is 0 Å². The fourth-order valence-corrected chi connectivity index (χ4v) is 1.74. The minimum atomic E-state index is -0.923. The standard InChI is InChI=1S/C11H19NO5/c1-2-4-16-8-10(13)12-3-5-17-7-9(12)6-11(14)15/h9H,2-8H2,1H3,(H,14,15). The van der Waals surface area contributed by atoms with Crippen molar-refractivity contribution in [1.29, 1.82) is 0 Å². The van der Waals surface area contributed by atoms with Crippen molar-refractivity contribution in [3.8, 4) is 0 Å². The highest BCUT2D eigenvalue weighted by Gasteiger charge is 2.28. The van der Waals surface area contributed by atoms with E-state index in [1.54, 1.807) is 4.90 Å². The maximum absolute atomic E-state index is 11.8. The molecule has 0 radical (unpaired) electrons. The summed E-state index contributed by atoms with van der Waals surface area (Å²) in [4.78, 5) is 24.0. The van der Waals surface area contributed by atoms with E-state index in [1.807, 2.05) is 6.92 Å². The lowest BCUT2D eigenvalue weighted by Crippen LogP contribution is -2.50. The summed E-state index contributed by atoms with van der Waals surface area (Å²) in [5.74, 6) is -1.08. The molecule has 1 saturated heterocycles. The number of ether oxygens (including phenoxy) is 2. The maximum atomic E-state index is 11.8. The number of amides is 1. The molecular formula is C11H19NO5. The Morgan fingerprint density at radius 1 is 1.53 bits per heavy atom. The topological polar surface area (TPSA) is 76.1 Å². The zero-order chi connectivity index (χ0) is 12.7. The van der Waals surface area contributed by atoms with Crippen LogP contribution in [0.3, 0.4) is 0 Å². The average molecular weight is 245 g/mol. The molecule has 6 heteroatoms. The number of carboxylic acid groups (broad SMARTS) is 1. The van der Waals surface area contributed by atoms with Crippen molar-refractivity contribution in [1.82, 2.24) is 4.90 Å². The highest BCUT2D eigenvalue weighted by Crippen LogP contribution is 2.11. The second-order valence-electron chi connectivity index (χ2n) is 3.97. The predicted molar refractivity (Wildman–Crippen MR) is 59.7 cm³/mol. The molecule has 1 heterocycles. The molecule has 0 bridgehead atoms. The van der Waals surface area contributed by atoms with Crippen LogP contribution in [0, 0.1) is 0 Å². The summed E-state index contributed by atoms with van der Waals surface area (Å²) < 4.78 is 10.4. The van der Waals surface area contributed by atoms with Crippen LogP contribution in [0.1, 0.15) is 19.8 Å². The Bertz CT molecular complexity index is 269. The third kappa shape index (κ3) is 4.70. The lowest BCUT2D eigenvalue weighted by atomic mass is 10.1. The fraction of sp³-hybridized carbons (Fsp3) is 0.818. The van der Waals surface area contributed by atoms with E-state index in [4.69, 9.17) is 14.6 Å². The lowest BCUT2D eigenvalue weighted by Gasteiger charge is -2.34. The summed E-state index contributed by atoms with van der Waals surface area (Å²) in [6.07, 6.45) is 0.772. The minimum absolute atomic E-state index is 0.0178. The van der Waals surface area contributed by atoms with E-state index < -0.39 is 5.97 Å². The van der Waals surface area contributed by atoms with E-state index in [0.29, 0.717) is 19.8 Å². The van der Waals surface area contributed by atoms with Crippen molar-refractivity contribution >= 4 is 11.9 Å². The number of carbonyl (C=O) groups excluding carboxylic acids is 1. The molecule has 0 spiro atoms. The molecular weight excluding hydrogens is 226 g/mol. The van der Waals surface area contributed by atoms with E-state index in [1.165, 1.54) is 0 Å². The van der Waals surface area contributed by atoms with E-state index in [0.717, 1.165) is 6.42 Å². The van der Waals surface area contributed by atoms with Gasteiger partial charge in [0.25, 0.3) is 0 Å². The second kappa shape index (κ2) is 7.24. The normalized spacial score (nSPS) is 20.3. The maximum Gasteiger partial charge on any atom is 0.305 e. The van der Waals surface area contributed by atoms with E-state index >= 15 is 0 Å². The first-order chi connectivity index (χ1) is 8.15. The van der Waals surface area contributed by atoms with Gasteiger partial charge >= 0.3 is 5.97 Å². The van der Waals surface area contributed by atoms with E-state index in [9.17, 15) is 9.59 Å². The minimum Gasteiger partial charge on any atom is -0.481 e. The summed E-state index contributed by atoms with van der Waals surface area (Å²) in [5.41, 5.74) is 0. The predicted octanol–water partition coefficient (Wildman–Crippen LogP) is 0.115. The van der Waals surface area contributed by atoms with Crippen LogP contribution in [0.25, 0.3) is 0 Å². The van der Waals surface area contributed by atoms with Gasteiger partial charge in [0.2, 0.25) is 5.91 Å². The summed E-state index contributed by atoms with van der Waals surface area (Å²) in [6.45, 7) is 3.70. The van der Waals surface area contributed by atoms with Crippen LogP contribution in [-0.4, -0.2) is 60.9 Å². The number of hydrogen-bond donors (Lipinski definition) is 1. The number of hydrogen-bond acceptors (Lipinski definition) is 4. The van der Waals surface area contributed by atoms with E-state index in [-0.39, 0.29) is 31.6 Å². The van der Waals surface area contributed by atoms with Crippen LogP contribution >= 0.6 is 0 Å². The quantitative estimate of drug-likeness (QED) is 0.672. The molecule has 1 aliphatic rings. The first kappa shape index (κ1) is 13.9. The number of nitrogens with zero attached hydrogens (tertiary/aromatic N) is 1. The molecule has 1 amide bonds. The molecule has 0 aromatic heterocycles. The van der Waals surface area contributed by atoms with Crippen molar-refractivity contribution < 1.29 is 24.2 Å². The first-order valence-corrected chi connectivity index (χ1v) is 5.82. The highest BCUT2D eigenvalue weighted by molar-refractivity contribution is 5.79. The van der Waals surface area contributed by atoms with Crippen molar-refractivity contribution in [2.45, 2.75) is 25.8 Å². The summed E-state index contributed by atoms with van der Waals surface area (Å²) in [5, 5.41) is 8.75. The molecule has 1 rings (SSSR count). The lowest BCUT2D eigenvalue weighted by molar-refractivity contribution is -0.149. The number of morpholine rings is 1. The smallest absolute Gasteiger partial charge is 0.305 e. The van der Waals surface area contributed by atoms with Crippen molar-refractivity contribution in [2.75, 3.05) is 33.0 Å². The van der Waals surface area contributed by atoms with Crippen LogP contribution in [-0.2, 0) is 19.1 Å². The number of aliphatic carboxylic acids is 1. The molecule has 1 N–H and O–H groups in total. The van der Waals surface area contributed by atoms with Gasteiger partial charge in [0.15, 0.2) is 0 Å². The van der Waals surface area contributed by atoms with Gasteiger partial charge in [-0.1, -0.05) is 6.92 Å². The monoisotopic (exact) mass is 245 g/mol. The van der Waals surface area contributed by atoms with Gasteiger partial charge in [-0.15, -0.1) is 0 Å². The molecule has 1 unspecified atom stereocenters. The molecule has 1 atom stereocenters. The number of carbonyl (C=O) groups is 2. The molecule has 1 aliphatic heterocycles. The second-order valence-corrected chi connectivity index (χ2v) is 3.97. The van der Waals surface area contributed by atoms with Gasteiger partial charge in [-0.25, -0.2) is 0 Å². The van der Waals surface area contributed by atoms with E-state index in [2.05, 4.69) is 0 Å². The van der Waals surface area contributed by atoms with Crippen LogP contribution in [0.15, 0.2) is 0 Å². The molecule has 0 saturated carbocycles. The Morgan fingerprint density at radius 3 is 2.94 bits per heavy atom.